The molecule has 0 saturated carbocycles. The van der Waals surface area contributed by atoms with Gasteiger partial charge in [0.1, 0.15) is 0 Å². The Hall–Kier alpha value is -0.810. The number of carbonyl (C=O) groups excluding carboxylic acids is 1. The van der Waals surface area contributed by atoms with Gasteiger partial charge in [-0.1, -0.05) is 0 Å². The van der Waals surface area contributed by atoms with Crippen molar-refractivity contribution in [1.29, 1.82) is 0 Å². The molecule has 2 heterocycles. The van der Waals surface area contributed by atoms with Crippen LogP contribution in [0.4, 0.5) is 4.79 Å². The smallest absolute Gasteiger partial charge is 0.320 e. The standard InChI is InChI=1S/C11H20N2O3/c1-15-9-10-3-2-4-13(10)11(14)12-5-7-16-8-6-12/h10H,2-9H2,1H3. The van der Waals surface area contributed by atoms with E-state index in [4.69, 9.17) is 9.47 Å². The zero-order valence-corrected chi connectivity index (χ0v) is 9.85. The van der Waals surface area contributed by atoms with E-state index in [1.54, 1.807) is 7.11 Å². The zero-order valence-electron chi connectivity index (χ0n) is 9.85. The van der Waals surface area contributed by atoms with Crippen LogP contribution in [0.5, 0.6) is 0 Å². The summed E-state index contributed by atoms with van der Waals surface area (Å²) in [5, 5.41) is 0. The van der Waals surface area contributed by atoms with Crippen molar-refractivity contribution < 1.29 is 14.3 Å². The van der Waals surface area contributed by atoms with E-state index in [0.29, 0.717) is 19.8 Å². The summed E-state index contributed by atoms with van der Waals surface area (Å²) in [4.78, 5) is 16.1. The minimum Gasteiger partial charge on any atom is -0.383 e. The Morgan fingerprint density at radius 1 is 1.38 bits per heavy atom. The summed E-state index contributed by atoms with van der Waals surface area (Å²) in [7, 11) is 1.69. The summed E-state index contributed by atoms with van der Waals surface area (Å²) >= 11 is 0. The van der Waals surface area contributed by atoms with Crippen molar-refractivity contribution in [1.82, 2.24) is 9.80 Å². The third-order valence-corrected chi connectivity index (χ3v) is 3.26. The number of methoxy groups -OCH3 is 1. The van der Waals surface area contributed by atoms with Gasteiger partial charge in [-0.05, 0) is 12.8 Å². The van der Waals surface area contributed by atoms with Gasteiger partial charge in [-0.2, -0.15) is 0 Å². The minimum atomic E-state index is 0.155. The second kappa shape index (κ2) is 5.50. The van der Waals surface area contributed by atoms with Crippen molar-refractivity contribution in [2.24, 2.45) is 0 Å². The van der Waals surface area contributed by atoms with Gasteiger partial charge in [0.2, 0.25) is 0 Å². The lowest BCUT2D eigenvalue weighted by atomic mass is 10.2. The molecule has 2 aliphatic rings. The number of likely N-dealkylation sites (tertiary alicyclic amines) is 1. The first-order valence-corrected chi connectivity index (χ1v) is 5.95. The van der Waals surface area contributed by atoms with Crippen LogP contribution in [0.1, 0.15) is 12.8 Å². The molecule has 2 amide bonds. The third-order valence-electron chi connectivity index (χ3n) is 3.26. The van der Waals surface area contributed by atoms with E-state index >= 15 is 0 Å². The molecule has 0 aromatic heterocycles. The van der Waals surface area contributed by atoms with E-state index in [1.165, 1.54) is 0 Å². The molecule has 0 radical (unpaired) electrons. The van der Waals surface area contributed by atoms with Crippen molar-refractivity contribution in [3.05, 3.63) is 0 Å². The molecule has 5 heteroatoms. The van der Waals surface area contributed by atoms with Crippen LogP contribution in [0.25, 0.3) is 0 Å². The first kappa shape index (κ1) is 11.7. The van der Waals surface area contributed by atoms with Gasteiger partial charge in [0.05, 0.1) is 25.9 Å². The SMILES string of the molecule is COCC1CCCN1C(=O)N1CCOCC1. The molecule has 2 aliphatic heterocycles. The Morgan fingerprint density at radius 2 is 2.12 bits per heavy atom. The molecule has 0 N–H and O–H groups in total. The molecule has 0 bridgehead atoms. The summed E-state index contributed by atoms with van der Waals surface area (Å²) in [5.74, 6) is 0. The molecule has 92 valence electrons. The molecule has 16 heavy (non-hydrogen) atoms. The van der Waals surface area contributed by atoms with Crippen molar-refractivity contribution in [3.8, 4) is 0 Å². The topological polar surface area (TPSA) is 42.0 Å². The molecule has 2 saturated heterocycles. The molecule has 1 unspecified atom stereocenters. The minimum absolute atomic E-state index is 0.155. The highest BCUT2D eigenvalue weighted by Crippen LogP contribution is 2.19. The van der Waals surface area contributed by atoms with Crippen LogP contribution < -0.4 is 0 Å². The molecule has 5 nitrogen and oxygen atoms in total. The van der Waals surface area contributed by atoms with Crippen LogP contribution in [0.15, 0.2) is 0 Å². The normalized spacial score (nSPS) is 26.2. The number of urea groups is 1. The average Bonchev–Trinajstić information content (AvgIpc) is 2.78. The van der Waals surface area contributed by atoms with Gasteiger partial charge < -0.3 is 19.3 Å². The van der Waals surface area contributed by atoms with Crippen molar-refractivity contribution in [2.45, 2.75) is 18.9 Å². The predicted molar refractivity (Wildman–Crippen MR) is 59.4 cm³/mol. The summed E-state index contributed by atoms with van der Waals surface area (Å²) in [5.41, 5.74) is 0. The first-order valence-electron chi connectivity index (χ1n) is 5.95. The first-order chi connectivity index (χ1) is 7.83. The van der Waals surface area contributed by atoms with E-state index in [2.05, 4.69) is 0 Å². The summed E-state index contributed by atoms with van der Waals surface area (Å²) < 4.78 is 10.4. The lowest BCUT2D eigenvalue weighted by Crippen LogP contribution is -2.50. The Balaban J connectivity index is 1.91. The van der Waals surface area contributed by atoms with Gasteiger partial charge in [0.15, 0.2) is 0 Å². The van der Waals surface area contributed by atoms with Gasteiger partial charge >= 0.3 is 6.03 Å². The molecule has 1 atom stereocenters. The van der Waals surface area contributed by atoms with Gasteiger partial charge in [-0.25, -0.2) is 4.79 Å². The quantitative estimate of drug-likeness (QED) is 0.693. The largest absolute Gasteiger partial charge is 0.383 e. The maximum Gasteiger partial charge on any atom is 0.320 e. The molecule has 0 aromatic carbocycles. The lowest BCUT2D eigenvalue weighted by molar-refractivity contribution is 0.0377. The fourth-order valence-electron chi connectivity index (χ4n) is 2.39. The number of amides is 2. The lowest BCUT2D eigenvalue weighted by Gasteiger charge is -2.33. The molecule has 0 aromatic rings. The molecular formula is C11H20N2O3. The Bertz CT molecular complexity index is 241. The second-order valence-electron chi connectivity index (χ2n) is 4.33. The highest BCUT2D eigenvalue weighted by Gasteiger charge is 2.32. The Kier molecular flexibility index (Phi) is 4.01. The Morgan fingerprint density at radius 3 is 2.81 bits per heavy atom. The number of rotatable bonds is 2. The highest BCUT2D eigenvalue weighted by molar-refractivity contribution is 5.75. The fourth-order valence-corrected chi connectivity index (χ4v) is 2.39. The summed E-state index contributed by atoms with van der Waals surface area (Å²) in [6.07, 6.45) is 2.15. The Labute approximate surface area is 96.3 Å². The van der Waals surface area contributed by atoms with Crippen LogP contribution in [-0.2, 0) is 9.47 Å². The van der Waals surface area contributed by atoms with Crippen LogP contribution in [0, 0.1) is 0 Å². The highest BCUT2D eigenvalue weighted by atomic mass is 16.5. The third kappa shape index (κ3) is 2.47. The van der Waals surface area contributed by atoms with Crippen molar-refractivity contribution in [2.75, 3.05) is 46.6 Å². The monoisotopic (exact) mass is 228 g/mol. The second-order valence-corrected chi connectivity index (χ2v) is 4.33. The number of hydrogen-bond acceptors (Lipinski definition) is 3. The molecule has 2 rings (SSSR count). The van der Waals surface area contributed by atoms with Gasteiger partial charge in [-0.3, -0.25) is 0 Å². The maximum absolute atomic E-state index is 12.2. The number of ether oxygens (including phenoxy) is 2. The van der Waals surface area contributed by atoms with E-state index in [9.17, 15) is 4.79 Å². The average molecular weight is 228 g/mol. The molecule has 0 aliphatic carbocycles. The molecule has 2 fully saturated rings. The number of carbonyl (C=O) groups is 1. The number of nitrogens with zero attached hydrogens (tertiary/aromatic N) is 2. The van der Waals surface area contributed by atoms with Crippen LogP contribution in [0.2, 0.25) is 0 Å². The van der Waals surface area contributed by atoms with Gasteiger partial charge in [-0.15, -0.1) is 0 Å². The van der Waals surface area contributed by atoms with Gasteiger partial charge in [0.25, 0.3) is 0 Å². The number of morpholine rings is 1. The van der Waals surface area contributed by atoms with Crippen LogP contribution in [-0.4, -0.2) is 68.4 Å². The van der Waals surface area contributed by atoms with Crippen LogP contribution >= 0.6 is 0 Å². The van der Waals surface area contributed by atoms with E-state index in [1.807, 2.05) is 9.80 Å². The molecular weight excluding hydrogens is 208 g/mol. The summed E-state index contributed by atoms with van der Waals surface area (Å²) in [6.45, 7) is 4.27. The van der Waals surface area contributed by atoms with E-state index in [0.717, 1.165) is 32.5 Å². The molecule has 0 spiro atoms. The van der Waals surface area contributed by atoms with E-state index < -0.39 is 0 Å². The fraction of sp³-hybridized carbons (Fsp3) is 0.909. The predicted octanol–water partition coefficient (Wildman–Crippen LogP) is 0.549. The van der Waals surface area contributed by atoms with Crippen molar-refractivity contribution in [3.63, 3.8) is 0 Å². The maximum atomic E-state index is 12.2. The van der Waals surface area contributed by atoms with E-state index in [-0.39, 0.29) is 12.1 Å². The van der Waals surface area contributed by atoms with Crippen LogP contribution in [0.3, 0.4) is 0 Å². The zero-order chi connectivity index (χ0) is 11.4. The summed E-state index contributed by atoms with van der Waals surface area (Å²) in [6, 6.07) is 0.420. The number of hydrogen-bond donors (Lipinski definition) is 0. The van der Waals surface area contributed by atoms with Crippen molar-refractivity contribution >= 4 is 6.03 Å². The van der Waals surface area contributed by atoms with Gasteiger partial charge in [0, 0.05) is 26.7 Å².